The number of nitro groups is 1. The molecular weight excluding hydrogens is 332 g/mol. The number of rotatable bonds is 6. The van der Waals surface area contributed by atoms with E-state index in [9.17, 15) is 15.4 Å². The Labute approximate surface area is 150 Å². The molecule has 1 unspecified atom stereocenters. The summed E-state index contributed by atoms with van der Waals surface area (Å²) in [6, 6.07) is 20.7. The number of nitro benzene ring substituents is 1. The fourth-order valence-corrected chi connectivity index (χ4v) is 3.67. The van der Waals surface area contributed by atoms with Crippen molar-refractivity contribution in [1.82, 2.24) is 0 Å². The first-order valence-electron chi connectivity index (χ1n) is 7.84. The van der Waals surface area contributed by atoms with Gasteiger partial charge in [0.1, 0.15) is 0 Å². The lowest BCUT2D eigenvalue weighted by Crippen LogP contribution is -2.30. The Morgan fingerprint density at radius 3 is 2.24 bits per heavy atom. The molecule has 0 amide bonds. The molecule has 5 heteroatoms. The van der Waals surface area contributed by atoms with E-state index in [2.05, 4.69) is 6.07 Å². The van der Waals surface area contributed by atoms with E-state index in [1.165, 1.54) is 12.1 Å². The summed E-state index contributed by atoms with van der Waals surface area (Å²) >= 11 is 1.60. The molecular formula is C20H16N2O2S. The van der Waals surface area contributed by atoms with Crippen molar-refractivity contribution in [2.45, 2.75) is 18.3 Å². The minimum atomic E-state index is -0.766. The number of nitriles is 1. The largest absolute Gasteiger partial charge is 0.269 e. The molecule has 4 nitrogen and oxygen atoms in total. The van der Waals surface area contributed by atoms with Crippen molar-refractivity contribution in [1.29, 1.82) is 5.26 Å². The first kappa shape index (κ1) is 16.9. The Hall–Kier alpha value is -2.97. The number of benzene rings is 2. The molecule has 25 heavy (non-hydrogen) atoms. The van der Waals surface area contributed by atoms with Crippen molar-refractivity contribution in [2.75, 3.05) is 0 Å². The maximum absolute atomic E-state index is 10.9. The highest BCUT2D eigenvalue weighted by atomic mass is 32.1. The van der Waals surface area contributed by atoms with Gasteiger partial charge in [-0.25, -0.2) is 0 Å². The molecule has 1 atom stereocenters. The summed E-state index contributed by atoms with van der Waals surface area (Å²) in [6.45, 7) is 0. The third kappa shape index (κ3) is 3.76. The average molecular weight is 348 g/mol. The molecule has 0 aliphatic carbocycles. The molecule has 0 aliphatic rings. The summed E-state index contributed by atoms with van der Waals surface area (Å²) in [5.41, 5.74) is 2.23. The van der Waals surface area contributed by atoms with Gasteiger partial charge in [-0.05, 0) is 46.4 Å². The Morgan fingerprint density at radius 2 is 1.68 bits per heavy atom. The molecule has 0 fully saturated rings. The number of nitrogens with zero attached hydrogens (tertiary/aromatic N) is 2. The van der Waals surface area contributed by atoms with E-state index < -0.39 is 10.3 Å². The minimum absolute atomic E-state index is 0.0332. The van der Waals surface area contributed by atoms with Gasteiger partial charge in [-0.1, -0.05) is 42.5 Å². The second-order valence-corrected chi connectivity index (χ2v) is 6.75. The molecule has 0 saturated carbocycles. The van der Waals surface area contributed by atoms with Gasteiger partial charge in [-0.2, -0.15) is 16.6 Å². The predicted molar refractivity (Wildman–Crippen MR) is 98.6 cm³/mol. The van der Waals surface area contributed by atoms with Crippen LogP contribution in [0.25, 0.3) is 0 Å². The summed E-state index contributed by atoms with van der Waals surface area (Å²) in [7, 11) is 0. The third-order valence-electron chi connectivity index (χ3n) is 4.28. The monoisotopic (exact) mass is 348 g/mol. The van der Waals surface area contributed by atoms with Crippen molar-refractivity contribution in [3.63, 3.8) is 0 Å². The van der Waals surface area contributed by atoms with Crippen LogP contribution in [0.3, 0.4) is 0 Å². The fraction of sp³-hybridized carbons (Fsp3) is 0.150. The number of hydrogen-bond acceptors (Lipinski definition) is 4. The maximum atomic E-state index is 10.9. The topological polar surface area (TPSA) is 66.9 Å². The van der Waals surface area contributed by atoms with Crippen LogP contribution in [0.15, 0.2) is 71.4 Å². The summed E-state index contributed by atoms with van der Waals surface area (Å²) in [4.78, 5) is 10.5. The first-order chi connectivity index (χ1) is 12.1. The lowest BCUT2D eigenvalue weighted by Gasteiger charge is -2.27. The van der Waals surface area contributed by atoms with Crippen LogP contribution in [-0.2, 0) is 18.3 Å². The van der Waals surface area contributed by atoms with E-state index in [0.717, 1.165) is 16.7 Å². The first-order valence-corrected chi connectivity index (χ1v) is 8.78. The highest BCUT2D eigenvalue weighted by Gasteiger charge is 2.33. The van der Waals surface area contributed by atoms with Crippen molar-refractivity contribution < 1.29 is 4.92 Å². The van der Waals surface area contributed by atoms with E-state index >= 15 is 0 Å². The van der Waals surface area contributed by atoms with Gasteiger partial charge in [0, 0.05) is 12.1 Å². The molecule has 3 rings (SSSR count). The average Bonchev–Trinajstić information content (AvgIpc) is 3.15. The number of hydrogen-bond donors (Lipinski definition) is 0. The van der Waals surface area contributed by atoms with Gasteiger partial charge < -0.3 is 0 Å². The Balaban J connectivity index is 2.03. The molecule has 0 bridgehead atoms. The van der Waals surface area contributed by atoms with Crippen LogP contribution in [0.2, 0.25) is 0 Å². The standard InChI is InChI=1S/C20H16N2O2S/c21-15-20(13-17-10-11-25-14-17,12-16-4-2-1-3-5-16)18-6-8-19(9-7-18)22(23)24/h1-11,14H,12-13H2. The molecule has 2 aromatic carbocycles. The van der Waals surface area contributed by atoms with Gasteiger partial charge in [0.25, 0.3) is 5.69 Å². The lowest BCUT2D eigenvalue weighted by atomic mass is 9.73. The highest BCUT2D eigenvalue weighted by molar-refractivity contribution is 7.07. The van der Waals surface area contributed by atoms with Crippen molar-refractivity contribution in [2.24, 2.45) is 0 Å². The van der Waals surface area contributed by atoms with Crippen LogP contribution >= 0.6 is 11.3 Å². The van der Waals surface area contributed by atoms with Crippen LogP contribution in [0.4, 0.5) is 5.69 Å². The van der Waals surface area contributed by atoms with E-state index in [-0.39, 0.29) is 5.69 Å². The number of thiophene rings is 1. The van der Waals surface area contributed by atoms with Crippen LogP contribution < -0.4 is 0 Å². The van der Waals surface area contributed by atoms with Crippen LogP contribution in [0.1, 0.15) is 16.7 Å². The summed E-state index contributed by atoms with van der Waals surface area (Å²) in [6.07, 6.45) is 1.12. The van der Waals surface area contributed by atoms with Gasteiger partial charge in [0.05, 0.1) is 16.4 Å². The van der Waals surface area contributed by atoms with Crippen LogP contribution in [0.5, 0.6) is 0 Å². The normalized spacial score (nSPS) is 12.9. The third-order valence-corrected chi connectivity index (χ3v) is 5.01. The molecule has 3 aromatic rings. The second kappa shape index (κ2) is 7.29. The molecule has 0 saturated heterocycles. The highest BCUT2D eigenvalue weighted by Crippen LogP contribution is 2.33. The fourth-order valence-electron chi connectivity index (χ4n) is 3.00. The van der Waals surface area contributed by atoms with Gasteiger partial charge >= 0.3 is 0 Å². The van der Waals surface area contributed by atoms with E-state index in [4.69, 9.17) is 0 Å². The van der Waals surface area contributed by atoms with E-state index in [1.807, 2.05) is 47.2 Å². The van der Waals surface area contributed by atoms with E-state index in [0.29, 0.717) is 12.8 Å². The molecule has 1 aromatic heterocycles. The molecule has 0 radical (unpaired) electrons. The Morgan fingerprint density at radius 1 is 1.00 bits per heavy atom. The Bertz CT molecular complexity index is 884. The van der Waals surface area contributed by atoms with Crippen LogP contribution in [-0.4, -0.2) is 4.92 Å². The molecule has 1 heterocycles. The molecule has 0 N–H and O–H groups in total. The number of non-ortho nitro benzene ring substituents is 1. The Kier molecular flexibility index (Phi) is 4.92. The van der Waals surface area contributed by atoms with Crippen molar-refractivity contribution in [3.8, 4) is 6.07 Å². The zero-order chi connectivity index (χ0) is 17.7. The summed E-state index contributed by atoms with van der Waals surface area (Å²) in [5.74, 6) is 0. The van der Waals surface area contributed by atoms with Crippen molar-refractivity contribution in [3.05, 3.63) is 98.2 Å². The van der Waals surface area contributed by atoms with Crippen LogP contribution in [0, 0.1) is 21.4 Å². The lowest BCUT2D eigenvalue weighted by molar-refractivity contribution is -0.384. The zero-order valence-corrected chi connectivity index (χ0v) is 14.3. The SMILES string of the molecule is N#CC(Cc1ccccc1)(Cc1ccsc1)c1ccc([N+](=O)[O-])cc1. The molecule has 0 spiro atoms. The van der Waals surface area contributed by atoms with E-state index in [1.54, 1.807) is 23.5 Å². The van der Waals surface area contributed by atoms with Gasteiger partial charge in [-0.3, -0.25) is 10.1 Å². The smallest absolute Gasteiger partial charge is 0.258 e. The summed E-state index contributed by atoms with van der Waals surface area (Å²) < 4.78 is 0. The minimum Gasteiger partial charge on any atom is -0.258 e. The van der Waals surface area contributed by atoms with Crippen molar-refractivity contribution >= 4 is 17.0 Å². The van der Waals surface area contributed by atoms with Gasteiger partial charge in [-0.15, -0.1) is 0 Å². The summed E-state index contributed by atoms with van der Waals surface area (Å²) in [5, 5.41) is 25.0. The zero-order valence-electron chi connectivity index (χ0n) is 13.5. The predicted octanol–water partition coefficient (Wildman–Crippen LogP) is 4.90. The second-order valence-electron chi connectivity index (χ2n) is 5.97. The maximum Gasteiger partial charge on any atom is 0.269 e. The molecule has 124 valence electrons. The van der Waals surface area contributed by atoms with Gasteiger partial charge in [0.15, 0.2) is 0 Å². The van der Waals surface area contributed by atoms with Gasteiger partial charge in [0.2, 0.25) is 0 Å². The molecule has 0 aliphatic heterocycles. The quantitative estimate of drug-likeness (QED) is 0.470.